The van der Waals surface area contributed by atoms with Gasteiger partial charge in [-0.25, -0.2) is 9.97 Å². The minimum absolute atomic E-state index is 0.00213. The Balaban J connectivity index is 1.83. The molecule has 2 aromatic carbocycles. The first-order valence-corrected chi connectivity index (χ1v) is 9.53. The lowest BCUT2D eigenvalue weighted by atomic mass is 9.93. The maximum absolute atomic E-state index is 4.98. The maximum Gasteiger partial charge on any atom is 0.159 e. The Morgan fingerprint density at radius 3 is 2.25 bits per heavy atom. The van der Waals surface area contributed by atoms with E-state index in [0.717, 1.165) is 39.4 Å². The molecule has 136 valence electrons. The van der Waals surface area contributed by atoms with Crippen LogP contribution in [0.5, 0.6) is 0 Å². The van der Waals surface area contributed by atoms with Crippen LogP contribution in [-0.2, 0) is 0 Å². The lowest BCUT2D eigenvalue weighted by Crippen LogP contribution is -2.01. The molecular formula is C25H21N3. The van der Waals surface area contributed by atoms with Crippen molar-refractivity contribution in [3.05, 3.63) is 90.3 Å². The summed E-state index contributed by atoms with van der Waals surface area (Å²) in [7, 11) is 0. The number of benzene rings is 2. The van der Waals surface area contributed by atoms with Gasteiger partial charge in [-0.3, -0.25) is 0 Å². The van der Waals surface area contributed by atoms with E-state index in [1.165, 1.54) is 0 Å². The number of hydrogen-bond acceptors (Lipinski definition) is 2. The number of rotatable bonds is 2. The van der Waals surface area contributed by atoms with Crippen LogP contribution >= 0.6 is 0 Å². The van der Waals surface area contributed by atoms with Gasteiger partial charge in [0, 0.05) is 22.2 Å². The van der Waals surface area contributed by atoms with Gasteiger partial charge in [-0.2, -0.15) is 0 Å². The zero-order valence-electron chi connectivity index (χ0n) is 16.0. The Bertz CT molecular complexity index is 1210. The van der Waals surface area contributed by atoms with Gasteiger partial charge in [0.05, 0.1) is 17.4 Å². The Morgan fingerprint density at radius 2 is 1.50 bits per heavy atom. The van der Waals surface area contributed by atoms with Crippen molar-refractivity contribution in [1.29, 1.82) is 0 Å². The molecule has 4 aromatic rings. The molecule has 3 nitrogen and oxygen atoms in total. The zero-order chi connectivity index (χ0) is 19.1. The molecular weight excluding hydrogens is 342 g/mol. The highest BCUT2D eigenvalue weighted by atomic mass is 15.0. The highest BCUT2D eigenvalue weighted by Crippen LogP contribution is 2.35. The van der Waals surface area contributed by atoms with Gasteiger partial charge in [0.25, 0.3) is 0 Å². The maximum atomic E-state index is 4.98. The van der Waals surface area contributed by atoms with Crippen LogP contribution in [0.25, 0.3) is 40.3 Å². The average Bonchev–Trinajstić information content (AvgIpc) is 2.95. The second kappa shape index (κ2) is 6.31. The minimum atomic E-state index is 0.00213. The first kappa shape index (κ1) is 16.7. The van der Waals surface area contributed by atoms with Gasteiger partial charge in [0.2, 0.25) is 0 Å². The van der Waals surface area contributed by atoms with Crippen molar-refractivity contribution in [2.45, 2.75) is 13.8 Å². The minimum Gasteiger partial charge on any atom is -0.306 e. The quantitative estimate of drug-likeness (QED) is 0.427. The summed E-state index contributed by atoms with van der Waals surface area (Å²) in [5.41, 5.74) is 6.42. The molecule has 0 N–H and O–H groups in total. The smallest absolute Gasteiger partial charge is 0.159 e. The molecule has 0 unspecified atom stereocenters. The normalized spacial score (nSPS) is 14.8. The van der Waals surface area contributed by atoms with Crippen LogP contribution in [0.2, 0.25) is 0 Å². The van der Waals surface area contributed by atoms with Crippen molar-refractivity contribution >= 4 is 23.2 Å². The molecule has 0 amide bonds. The van der Waals surface area contributed by atoms with E-state index in [0.29, 0.717) is 0 Å². The number of para-hydroxylation sites is 1. The summed E-state index contributed by atoms with van der Waals surface area (Å²) in [4.78, 5) is 9.66. The van der Waals surface area contributed by atoms with Gasteiger partial charge >= 0.3 is 0 Å². The summed E-state index contributed by atoms with van der Waals surface area (Å²) in [6, 6.07) is 20.6. The predicted octanol–water partition coefficient (Wildman–Crippen LogP) is 6.15. The number of aromatic nitrogens is 3. The molecule has 2 heterocycles. The van der Waals surface area contributed by atoms with E-state index in [-0.39, 0.29) is 5.41 Å². The van der Waals surface area contributed by atoms with E-state index >= 15 is 0 Å². The number of fused-ring (bicyclic) bond motifs is 3. The predicted molar refractivity (Wildman–Crippen MR) is 116 cm³/mol. The molecule has 0 aliphatic heterocycles. The van der Waals surface area contributed by atoms with Crippen LogP contribution < -0.4 is 0 Å². The number of nitrogens with zero attached hydrogens (tertiary/aromatic N) is 3. The van der Waals surface area contributed by atoms with Crippen molar-refractivity contribution < 1.29 is 0 Å². The fourth-order valence-corrected chi connectivity index (χ4v) is 3.67. The summed E-state index contributed by atoms with van der Waals surface area (Å²) in [5, 5.41) is 0. The van der Waals surface area contributed by atoms with E-state index in [4.69, 9.17) is 4.98 Å². The van der Waals surface area contributed by atoms with E-state index in [1.54, 1.807) is 0 Å². The third-order valence-corrected chi connectivity index (χ3v) is 5.18. The second-order valence-corrected chi connectivity index (χ2v) is 7.75. The molecule has 1 aliphatic carbocycles. The molecule has 0 radical (unpaired) electrons. The first-order chi connectivity index (χ1) is 13.6. The molecule has 2 aromatic heterocycles. The third kappa shape index (κ3) is 2.76. The molecule has 0 fully saturated rings. The van der Waals surface area contributed by atoms with Crippen molar-refractivity contribution in [2.75, 3.05) is 0 Å². The molecule has 0 saturated carbocycles. The van der Waals surface area contributed by atoms with Crippen LogP contribution in [0.3, 0.4) is 0 Å². The van der Waals surface area contributed by atoms with Crippen LogP contribution in [-0.4, -0.2) is 14.5 Å². The van der Waals surface area contributed by atoms with Crippen LogP contribution in [0.1, 0.15) is 25.1 Å². The molecule has 3 heteroatoms. The number of allylic oxidation sites excluding steroid dienone is 2. The van der Waals surface area contributed by atoms with Gasteiger partial charge in [0.15, 0.2) is 5.82 Å². The zero-order valence-corrected chi connectivity index (χ0v) is 16.0. The Hall–Kier alpha value is -3.46. The van der Waals surface area contributed by atoms with Gasteiger partial charge in [-0.15, -0.1) is 0 Å². The summed E-state index contributed by atoms with van der Waals surface area (Å²) >= 11 is 0. The van der Waals surface area contributed by atoms with E-state index in [1.807, 2.05) is 42.6 Å². The monoisotopic (exact) mass is 363 g/mol. The first-order valence-electron chi connectivity index (χ1n) is 9.53. The number of hydrogen-bond donors (Lipinski definition) is 0. The van der Waals surface area contributed by atoms with Gasteiger partial charge in [-0.1, -0.05) is 80.6 Å². The summed E-state index contributed by atoms with van der Waals surface area (Å²) in [5.74, 6) is 0.752. The summed E-state index contributed by atoms with van der Waals surface area (Å²) < 4.78 is 2.25. The summed E-state index contributed by atoms with van der Waals surface area (Å²) in [6.45, 7) is 4.43. The lowest BCUT2D eigenvalue weighted by molar-refractivity contribution is 0.633. The third-order valence-electron chi connectivity index (χ3n) is 5.18. The summed E-state index contributed by atoms with van der Waals surface area (Å²) in [6.07, 6.45) is 10.9. The second-order valence-electron chi connectivity index (χ2n) is 7.75. The van der Waals surface area contributed by atoms with Crippen molar-refractivity contribution in [2.24, 2.45) is 5.41 Å². The standard InChI is InChI=1S/C25H21N3/c1-25(2)15-13-20-21(14-16-25)28(19-11-7-4-8-12-19)22-17-26-24(27-23(20)22)18-9-5-3-6-10-18/h3-17H,1-2H3. The molecule has 0 saturated heterocycles. The molecule has 0 bridgehead atoms. The van der Waals surface area contributed by atoms with Crippen LogP contribution in [0.4, 0.5) is 0 Å². The Labute approximate surface area is 164 Å². The Morgan fingerprint density at radius 1 is 0.821 bits per heavy atom. The van der Waals surface area contributed by atoms with E-state index in [9.17, 15) is 0 Å². The lowest BCUT2D eigenvalue weighted by Gasteiger charge is -2.13. The average molecular weight is 363 g/mol. The fourth-order valence-electron chi connectivity index (χ4n) is 3.67. The van der Waals surface area contributed by atoms with Crippen LogP contribution in [0.15, 0.2) is 79.0 Å². The highest BCUT2D eigenvalue weighted by molar-refractivity contribution is 5.93. The molecule has 28 heavy (non-hydrogen) atoms. The molecule has 1 aliphatic rings. The van der Waals surface area contributed by atoms with Gasteiger partial charge < -0.3 is 4.57 Å². The molecule has 5 rings (SSSR count). The van der Waals surface area contributed by atoms with Gasteiger partial charge in [-0.05, 0) is 18.2 Å². The topological polar surface area (TPSA) is 30.7 Å². The van der Waals surface area contributed by atoms with E-state index in [2.05, 4.69) is 72.0 Å². The van der Waals surface area contributed by atoms with Crippen LogP contribution in [0, 0.1) is 5.41 Å². The Kier molecular flexibility index (Phi) is 3.76. The molecule has 0 atom stereocenters. The largest absolute Gasteiger partial charge is 0.306 e. The van der Waals surface area contributed by atoms with Crippen molar-refractivity contribution in [1.82, 2.24) is 14.5 Å². The fraction of sp³-hybridized carbons (Fsp3) is 0.120. The van der Waals surface area contributed by atoms with Crippen molar-refractivity contribution in [3.63, 3.8) is 0 Å². The SMILES string of the molecule is CC1(C)C=Cc2c(n(-c3ccccc3)c3cnc(-c4ccccc4)nc23)C=C1. The van der Waals surface area contributed by atoms with Gasteiger partial charge in [0.1, 0.15) is 5.52 Å². The van der Waals surface area contributed by atoms with Crippen molar-refractivity contribution in [3.8, 4) is 17.1 Å². The van der Waals surface area contributed by atoms with E-state index < -0.39 is 0 Å². The molecule has 0 spiro atoms. The highest BCUT2D eigenvalue weighted by Gasteiger charge is 2.21.